The molecule has 138 valence electrons. The Hall–Kier alpha value is -3.61. The zero-order valence-corrected chi connectivity index (χ0v) is 15.2. The summed E-state index contributed by atoms with van der Waals surface area (Å²) in [6.07, 6.45) is 5.89. The Labute approximate surface area is 157 Å². The lowest BCUT2D eigenvalue weighted by Gasteiger charge is -2.09. The number of nitrogens with zero attached hydrogens (tertiary/aromatic N) is 2. The summed E-state index contributed by atoms with van der Waals surface area (Å²) in [5, 5.41) is 2.66. The minimum Gasteiger partial charge on any atom is -0.454 e. The highest BCUT2D eigenvalue weighted by Crippen LogP contribution is 2.36. The van der Waals surface area contributed by atoms with Crippen molar-refractivity contribution in [2.45, 2.75) is 13.8 Å². The molecule has 2 heterocycles. The summed E-state index contributed by atoms with van der Waals surface area (Å²) in [4.78, 5) is 20.6. The van der Waals surface area contributed by atoms with Gasteiger partial charge in [0, 0.05) is 24.8 Å². The highest BCUT2D eigenvalue weighted by Gasteiger charge is 2.16. The van der Waals surface area contributed by atoms with Gasteiger partial charge >= 0.3 is 0 Å². The third kappa shape index (κ3) is 3.98. The minimum absolute atomic E-state index is 0.207. The molecule has 0 unspecified atom stereocenters. The molecule has 3 N–H and O–H groups in total. The molecule has 7 nitrogen and oxygen atoms in total. The molecular weight excluding hydrogens is 344 g/mol. The van der Waals surface area contributed by atoms with Gasteiger partial charge in [0.1, 0.15) is 5.82 Å². The largest absolute Gasteiger partial charge is 0.454 e. The van der Waals surface area contributed by atoms with E-state index in [0.717, 1.165) is 16.7 Å². The van der Waals surface area contributed by atoms with E-state index in [-0.39, 0.29) is 18.5 Å². The standard InChI is InChI=1S/C20H20N4O3/c1-12-4-5-22-10-16(12)20(25)24-19(8-21)23-9-14(3)15-7-18-17(6-13(15)2)26-11-27-18/h4-10H,3,11,21H2,1-2H3,(H,24,25)/b19-8+,23-9?. The number of aliphatic imine (C=N–C) groups is 1. The van der Waals surface area contributed by atoms with Gasteiger partial charge in [0.15, 0.2) is 11.5 Å². The van der Waals surface area contributed by atoms with E-state index in [1.807, 2.05) is 26.0 Å². The number of aryl methyl sites for hydroxylation is 2. The molecule has 2 aromatic rings. The van der Waals surface area contributed by atoms with Crippen LogP contribution in [0, 0.1) is 13.8 Å². The molecule has 0 saturated heterocycles. The van der Waals surface area contributed by atoms with E-state index in [9.17, 15) is 4.79 Å². The summed E-state index contributed by atoms with van der Waals surface area (Å²) in [5.74, 6) is 1.25. The molecule has 0 fully saturated rings. The predicted molar refractivity (Wildman–Crippen MR) is 104 cm³/mol. The molecule has 0 radical (unpaired) electrons. The van der Waals surface area contributed by atoms with Gasteiger partial charge in [-0.25, -0.2) is 4.99 Å². The van der Waals surface area contributed by atoms with Crippen molar-refractivity contribution in [1.29, 1.82) is 0 Å². The zero-order valence-electron chi connectivity index (χ0n) is 15.2. The third-order valence-electron chi connectivity index (χ3n) is 4.11. The van der Waals surface area contributed by atoms with E-state index in [2.05, 4.69) is 21.9 Å². The van der Waals surface area contributed by atoms with Crippen LogP contribution in [-0.4, -0.2) is 23.9 Å². The number of hydrogen-bond acceptors (Lipinski definition) is 6. The van der Waals surface area contributed by atoms with Crippen LogP contribution in [0.2, 0.25) is 0 Å². The monoisotopic (exact) mass is 364 g/mol. The number of fused-ring (bicyclic) bond motifs is 1. The molecule has 0 saturated carbocycles. The first-order valence-corrected chi connectivity index (χ1v) is 8.27. The SMILES string of the molecule is C=C(C=N/C(=C\N)NC(=O)c1cnccc1C)c1cc2c(cc1C)OCO2. The van der Waals surface area contributed by atoms with E-state index >= 15 is 0 Å². The number of hydrogen-bond donors (Lipinski definition) is 2. The van der Waals surface area contributed by atoms with Crippen molar-refractivity contribution in [2.75, 3.05) is 6.79 Å². The quantitative estimate of drug-likeness (QED) is 0.795. The molecule has 1 aliphatic heterocycles. The Balaban J connectivity index is 1.73. The molecule has 1 aromatic carbocycles. The number of aromatic nitrogens is 1. The normalized spacial score (nSPS) is 13.0. The summed E-state index contributed by atoms with van der Waals surface area (Å²) in [6.45, 7) is 8.02. The van der Waals surface area contributed by atoms with Crippen LogP contribution < -0.4 is 20.5 Å². The highest BCUT2D eigenvalue weighted by molar-refractivity contribution is 6.10. The second kappa shape index (κ2) is 7.74. The fourth-order valence-corrected chi connectivity index (χ4v) is 2.61. The third-order valence-corrected chi connectivity index (χ3v) is 4.11. The van der Waals surface area contributed by atoms with Crippen LogP contribution >= 0.6 is 0 Å². The second-order valence-corrected chi connectivity index (χ2v) is 6.00. The van der Waals surface area contributed by atoms with Gasteiger partial charge in [0.25, 0.3) is 5.91 Å². The van der Waals surface area contributed by atoms with Crippen LogP contribution in [0.25, 0.3) is 5.57 Å². The molecule has 0 bridgehead atoms. The summed E-state index contributed by atoms with van der Waals surface area (Å²) in [6, 6.07) is 5.51. The molecule has 27 heavy (non-hydrogen) atoms. The topological polar surface area (TPSA) is 98.8 Å². The lowest BCUT2D eigenvalue weighted by Crippen LogP contribution is -2.23. The Kier molecular flexibility index (Phi) is 5.21. The highest BCUT2D eigenvalue weighted by atomic mass is 16.7. The maximum atomic E-state index is 12.4. The Morgan fingerprint density at radius 1 is 1.26 bits per heavy atom. The predicted octanol–water partition coefficient (Wildman–Crippen LogP) is 2.70. The Bertz CT molecular complexity index is 964. The molecule has 0 aliphatic carbocycles. The average molecular weight is 364 g/mol. The lowest BCUT2D eigenvalue weighted by molar-refractivity contribution is 0.0964. The summed E-state index contributed by atoms with van der Waals surface area (Å²) < 4.78 is 10.8. The van der Waals surface area contributed by atoms with Gasteiger partial charge in [-0.1, -0.05) is 6.58 Å². The number of allylic oxidation sites excluding steroid dienone is 1. The van der Waals surface area contributed by atoms with Crippen LogP contribution in [0.3, 0.4) is 0 Å². The van der Waals surface area contributed by atoms with Crippen molar-refractivity contribution in [1.82, 2.24) is 10.3 Å². The number of carbonyl (C=O) groups excluding carboxylic acids is 1. The van der Waals surface area contributed by atoms with Gasteiger partial charge in [-0.05, 0) is 54.3 Å². The van der Waals surface area contributed by atoms with Crippen LogP contribution in [0.15, 0.2) is 54.2 Å². The first-order chi connectivity index (χ1) is 13.0. The molecule has 1 aliphatic rings. The number of carbonyl (C=O) groups is 1. The fourth-order valence-electron chi connectivity index (χ4n) is 2.61. The molecular formula is C20H20N4O3. The van der Waals surface area contributed by atoms with Crippen LogP contribution in [0.5, 0.6) is 11.5 Å². The number of benzene rings is 1. The first-order valence-electron chi connectivity index (χ1n) is 8.27. The second-order valence-electron chi connectivity index (χ2n) is 6.00. The zero-order chi connectivity index (χ0) is 19.4. The van der Waals surface area contributed by atoms with Gasteiger partial charge in [0.2, 0.25) is 6.79 Å². The number of amides is 1. The van der Waals surface area contributed by atoms with Crippen LogP contribution in [0.4, 0.5) is 0 Å². The smallest absolute Gasteiger partial charge is 0.258 e. The van der Waals surface area contributed by atoms with Gasteiger partial charge in [-0.3, -0.25) is 9.78 Å². The minimum atomic E-state index is -0.334. The van der Waals surface area contributed by atoms with E-state index in [0.29, 0.717) is 22.6 Å². The van der Waals surface area contributed by atoms with Crippen molar-refractivity contribution in [3.63, 3.8) is 0 Å². The molecule has 0 atom stereocenters. The summed E-state index contributed by atoms with van der Waals surface area (Å²) >= 11 is 0. The average Bonchev–Trinajstić information content (AvgIpc) is 3.11. The first kappa shape index (κ1) is 18.2. The van der Waals surface area contributed by atoms with Crippen molar-refractivity contribution >= 4 is 17.7 Å². The molecule has 0 spiro atoms. The summed E-state index contributed by atoms with van der Waals surface area (Å²) in [5.41, 5.74) is 9.35. The van der Waals surface area contributed by atoms with Gasteiger partial charge in [-0.15, -0.1) is 0 Å². The van der Waals surface area contributed by atoms with E-state index in [4.69, 9.17) is 15.2 Å². The summed E-state index contributed by atoms with van der Waals surface area (Å²) in [7, 11) is 0. The lowest BCUT2D eigenvalue weighted by atomic mass is 10.0. The molecule has 7 heteroatoms. The number of nitrogens with two attached hydrogens (primary N) is 1. The Morgan fingerprint density at radius 3 is 2.70 bits per heavy atom. The van der Waals surface area contributed by atoms with Crippen LogP contribution in [0.1, 0.15) is 27.0 Å². The van der Waals surface area contributed by atoms with Gasteiger partial charge < -0.3 is 20.5 Å². The number of rotatable bonds is 5. The van der Waals surface area contributed by atoms with Crippen molar-refractivity contribution < 1.29 is 14.3 Å². The number of pyridine rings is 1. The van der Waals surface area contributed by atoms with Crippen molar-refractivity contribution in [3.05, 3.63) is 71.4 Å². The fraction of sp³-hybridized carbons (Fsp3) is 0.150. The van der Waals surface area contributed by atoms with Crippen molar-refractivity contribution in [3.8, 4) is 11.5 Å². The molecule has 1 aromatic heterocycles. The van der Waals surface area contributed by atoms with Gasteiger partial charge in [-0.2, -0.15) is 0 Å². The van der Waals surface area contributed by atoms with E-state index < -0.39 is 0 Å². The number of ether oxygens (including phenoxy) is 2. The maximum Gasteiger partial charge on any atom is 0.258 e. The van der Waals surface area contributed by atoms with E-state index in [1.165, 1.54) is 12.4 Å². The van der Waals surface area contributed by atoms with Crippen molar-refractivity contribution in [2.24, 2.45) is 10.7 Å². The van der Waals surface area contributed by atoms with E-state index in [1.54, 1.807) is 18.5 Å². The van der Waals surface area contributed by atoms with Crippen LogP contribution in [-0.2, 0) is 0 Å². The maximum absolute atomic E-state index is 12.4. The number of nitrogens with one attached hydrogen (secondary N) is 1. The Morgan fingerprint density at radius 2 is 2.00 bits per heavy atom. The van der Waals surface area contributed by atoms with Gasteiger partial charge in [0.05, 0.1) is 5.56 Å². The molecule has 3 rings (SSSR count). The molecule has 1 amide bonds.